The van der Waals surface area contributed by atoms with Crippen LogP contribution in [0.3, 0.4) is 0 Å². The molecule has 0 spiro atoms. The first-order valence-corrected chi connectivity index (χ1v) is 18.1. The fourth-order valence-electron chi connectivity index (χ4n) is 7.95. The molecular weight excluding hydrogens is 564 g/mol. The van der Waals surface area contributed by atoms with Crippen molar-refractivity contribution in [2.45, 2.75) is 104 Å². The third-order valence-corrected chi connectivity index (χ3v) is 11.1. The lowest BCUT2D eigenvalue weighted by Crippen LogP contribution is -2.36. The molecule has 2 aliphatic carbocycles. The van der Waals surface area contributed by atoms with Crippen molar-refractivity contribution in [3.05, 3.63) is 90.0 Å². The molecule has 0 heterocycles. The van der Waals surface area contributed by atoms with Crippen molar-refractivity contribution < 1.29 is 9.47 Å². The fraction of sp³-hybridized carbons (Fsp3) is 0.524. The average Bonchev–Trinajstić information content (AvgIpc) is 3.06. The predicted molar refractivity (Wildman–Crippen MR) is 195 cm³/mol. The van der Waals surface area contributed by atoms with Gasteiger partial charge in [-0.15, -0.1) is 0 Å². The summed E-state index contributed by atoms with van der Waals surface area (Å²) in [4.78, 5) is 0. The molecule has 248 valence electrons. The van der Waals surface area contributed by atoms with E-state index in [2.05, 4.69) is 64.1 Å². The number of benzene rings is 3. The molecule has 2 fully saturated rings. The number of allylic oxidation sites excluding steroid dienone is 1. The van der Waals surface area contributed by atoms with Gasteiger partial charge in [0.25, 0.3) is 0 Å². The second-order valence-electron chi connectivity index (χ2n) is 14.7. The van der Waals surface area contributed by atoms with E-state index in [0.717, 1.165) is 41.6 Å². The summed E-state index contributed by atoms with van der Waals surface area (Å²) in [7, 11) is 0. The Bertz CT molecular complexity index is 1320. The Morgan fingerprint density at radius 2 is 1.33 bits per heavy atom. The third-order valence-electron chi connectivity index (χ3n) is 11.1. The van der Waals surface area contributed by atoms with Gasteiger partial charge in [0.1, 0.15) is 11.5 Å². The maximum atomic E-state index is 6.47. The maximum Gasteiger partial charge on any atom is 0.243 e. The zero-order valence-electron chi connectivity index (χ0n) is 28.7. The van der Waals surface area contributed by atoms with Crippen LogP contribution >= 0.6 is 0 Å². The Morgan fingerprint density at radius 3 is 1.85 bits per heavy atom. The summed E-state index contributed by atoms with van der Waals surface area (Å²) in [5.74, 6) is 6.05. The molecular formula is C42H58N2O2. The van der Waals surface area contributed by atoms with Gasteiger partial charge in [-0.2, -0.15) is 0 Å². The van der Waals surface area contributed by atoms with Gasteiger partial charge < -0.3 is 20.9 Å². The highest BCUT2D eigenvalue weighted by Gasteiger charge is 2.32. The monoisotopic (exact) mass is 622 g/mol. The van der Waals surface area contributed by atoms with Crippen molar-refractivity contribution >= 4 is 17.5 Å². The van der Waals surface area contributed by atoms with Crippen LogP contribution in [0.5, 0.6) is 11.5 Å². The standard InChI is InChI=1S/C42H58N2O2/c1-5-34(30(4)42(45-40-10-6-8-38(43)27-40)46-41-11-7-9-39(44)28-41)26-33-18-24-37(25-19-33)36-22-16-32(17-23-36)13-12-31-14-20-35(21-15-31)29(2)3/h6-13,16-17,22-23,27-31,33-35,37,42H,5,14-15,18-21,24-26,43-44H2,1-4H3/b13-12+. The molecule has 0 saturated heterocycles. The Hall–Kier alpha value is -3.40. The summed E-state index contributed by atoms with van der Waals surface area (Å²) in [6.45, 7) is 9.34. The van der Waals surface area contributed by atoms with Crippen LogP contribution in [0.1, 0.15) is 109 Å². The minimum absolute atomic E-state index is 0.191. The van der Waals surface area contributed by atoms with Crippen LogP contribution in [0.4, 0.5) is 11.4 Å². The van der Waals surface area contributed by atoms with Gasteiger partial charge in [0.2, 0.25) is 6.29 Å². The van der Waals surface area contributed by atoms with Crippen LogP contribution in [0.25, 0.3) is 6.08 Å². The minimum atomic E-state index is -0.437. The van der Waals surface area contributed by atoms with Crippen LogP contribution in [0.15, 0.2) is 78.9 Å². The quantitative estimate of drug-likeness (QED) is 0.147. The Labute approximate surface area is 279 Å². The predicted octanol–water partition coefficient (Wildman–Crippen LogP) is 11.1. The van der Waals surface area contributed by atoms with Gasteiger partial charge in [0.15, 0.2) is 0 Å². The largest absolute Gasteiger partial charge is 0.455 e. The van der Waals surface area contributed by atoms with E-state index in [1.165, 1.54) is 68.9 Å². The number of nitrogens with two attached hydrogens (primary N) is 2. The van der Waals surface area contributed by atoms with Crippen LogP contribution in [-0.4, -0.2) is 6.29 Å². The highest BCUT2D eigenvalue weighted by molar-refractivity contribution is 5.50. The molecule has 2 unspecified atom stereocenters. The Kier molecular flexibility index (Phi) is 12.1. The number of nitrogen functional groups attached to an aromatic ring is 2. The molecule has 0 aromatic heterocycles. The summed E-state index contributed by atoms with van der Waals surface area (Å²) in [6, 6.07) is 24.7. The molecule has 0 aliphatic heterocycles. The van der Waals surface area contributed by atoms with Gasteiger partial charge >= 0.3 is 0 Å². The normalized spacial score (nSPS) is 23.4. The van der Waals surface area contributed by atoms with Crippen LogP contribution in [0.2, 0.25) is 0 Å². The highest BCUT2D eigenvalue weighted by atomic mass is 16.7. The molecule has 3 aromatic rings. The van der Waals surface area contributed by atoms with Gasteiger partial charge in [-0.05, 0) is 129 Å². The number of rotatable bonds is 13. The van der Waals surface area contributed by atoms with E-state index in [1.807, 2.05) is 48.5 Å². The van der Waals surface area contributed by atoms with E-state index in [0.29, 0.717) is 23.2 Å². The molecule has 0 amide bonds. The summed E-state index contributed by atoms with van der Waals surface area (Å²) in [5.41, 5.74) is 16.4. The Balaban J connectivity index is 1.14. The molecule has 2 saturated carbocycles. The zero-order valence-corrected chi connectivity index (χ0v) is 28.7. The lowest BCUT2D eigenvalue weighted by molar-refractivity contribution is -0.0580. The van der Waals surface area contributed by atoms with E-state index < -0.39 is 6.29 Å². The molecule has 3 aromatic carbocycles. The van der Waals surface area contributed by atoms with Gasteiger partial charge in [-0.3, -0.25) is 0 Å². The minimum Gasteiger partial charge on any atom is -0.455 e. The van der Waals surface area contributed by atoms with Crippen LogP contribution < -0.4 is 20.9 Å². The number of hydrogen-bond donors (Lipinski definition) is 2. The highest BCUT2D eigenvalue weighted by Crippen LogP contribution is 2.41. The van der Waals surface area contributed by atoms with Crippen molar-refractivity contribution in [3.8, 4) is 11.5 Å². The fourth-order valence-corrected chi connectivity index (χ4v) is 7.95. The zero-order chi connectivity index (χ0) is 32.5. The van der Waals surface area contributed by atoms with Crippen molar-refractivity contribution in [1.29, 1.82) is 0 Å². The smallest absolute Gasteiger partial charge is 0.243 e. The van der Waals surface area contributed by atoms with E-state index in [4.69, 9.17) is 20.9 Å². The lowest BCUT2D eigenvalue weighted by atomic mass is 9.73. The van der Waals surface area contributed by atoms with Gasteiger partial charge in [-0.25, -0.2) is 0 Å². The molecule has 4 heteroatoms. The molecule has 46 heavy (non-hydrogen) atoms. The van der Waals surface area contributed by atoms with Crippen molar-refractivity contribution in [2.24, 2.45) is 35.5 Å². The average molecular weight is 623 g/mol. The van der Waals surface area contributed by atoms with E-state index in [9.17, 15) is 0 Å². The van der Waals surface area contributed by atoms with Crippen molar-refractivity contribution in [1.82, 2.24) is 0 Å². The second kappa shape index (κ2) is 16.4. The third kappa shape index (κ3) is 9.56. The number of anilines is 2. The topological polar surface area (TPSA) is 70.5 Å². The molecule has 0 radical (unpaired) electrons. The first-order valence-electron chi connectivity index (χ1n) is 18.1. The number of ether oxygens (including phenoxy) is 2. The van der Waals surface area contributed by atoms with Gasteiger partial charge in [0, 0.05) is 29.4 Å². The van der Waals surface area contributed by atoms with Gasteiger partial charge in [-0.1, -0.05) is 82.7 Å². The summed E-state index contributed by atoms with van der Waals surface area (Å²) in [5, 5.41) is 0. The second-order valence-corrected chi connectivity index (χ2v) is 14.7. The molecule has 4 nitrogen and oxygen atoms in total. The number of hydrogen-bond acceptors (Lipinski definition) is 4. The summed E-state index contributed by atoms with van der Waals surface area (Å²) < 4.78 is 12.9. The SMILES string of the molecule is CCC(CC1CCC(c2ccc(/C=C/C3CCC(C(C)C)CC3)cc2)CC1)C(C)C(Oc1cccc(N)c1)Oc1cccc(N)c1. The molecule has 5 rings (SSSR count). The summed E-state index contributed by atoms with van der Waals surface area (Å²) in [6.07, 6.45) is 17.3. The van der Waals surface area contributed by atoms with E-state index >= 15 is 0 Å². The lowest BCUT2D eigenvalue weighted by Gasteiger charge is -2.35. The van der Waals surface area contributed by atoms with Crippen LogP contribution in [0, 0.1) is 35.5 Å². The first-order chi connectivity index (χ1) is 22.3. The maximum absolute atomic E-state index is 6.47. The van der Waals surface area contributed by atoms with Gasteiger partial charge in [0.05, 0.1) is 0 Å². The van der Waals surface area contributed by atoms with Crippen LogP contribution in [-0.2, 0) is 0 Å². The van der Waals surface area contributed by atoms with E-state index in [-0.39, 0.29) is 5.92 Å². The van der Waals surface area contributed by atoms with Crippen molar-refractivity contribution in [2.75, 3.05) is 11.5 Å². The molecule has 4 N–H and O–H groups in total. The summed E-state index contributed by atoms with van der Waals surface area (Å²) >= 11 is 0. The molecule has 2 atom stereocenters. The van der Waals surface area contributed by atoms with E-state index in [1.54, 1.807) is 0 Å². The molecule has 0 bridgehead atoms. The first kappa shape index (κ1) is 33.9. The molecule has 2 aliphatic rings. The van der Waals surface area contributed by atoms with Crippen molar-refractivity contribution in [3.63, 3.8) is 0 Å². The Morgan fingerprint density at radius 1 is 0.739 bits per heavy atom.